The number of amides is 1. The number of rotatable bonds is 7. The van der Waals surface area contributed by atoms with E-state index in [0.717, 1.165) is 24.5 Å². The summed E-state index contributed by atoms with van der Waals surface area (Å²) in [6.45, 7) is -0.439. The van der Waals surface area contributed by atoms with Gasteiger partial charge in [0.05, 0.1) is 34.0 Å². The molecule has 2 unspecified atom stereocenters. The molecule has 0 radical (unpaired) electrons. The molecule has 1 amide bonds. The lowest BCUT2D eigenvalue weighted by Gasteiger charge is -2.25. The highest BCUT2D eigenvalue weighted by Gasteiger charge is 2.42. The van der Waals surface area contributed by atoms with Crippen molar-refractivity contribution in [3.8, 4) is 11.1 Å². The van der Waals surface area contributed by atoms with E-state index in [-0.39, 0.29) is 34.5 Å². The number of hydrogen-bond acceptors (Lipinski definition) is 4. The second kappa shape index (κ2) is 10.4. The van der Waals surface area contributed by atoms with Crippen molar-refractivity contribution in [3.05, 3.63) is 57.1 Å². The lowest BCUT2D eigenvalue weighted by molar-refractivity contribution is -0.142. The molecule has 0 spiro atoms. The molecule has 2 atom stereocenters. The van der Waals surface area contributed by atoms with Gasteiger partial charge in [-0.3, -0.25) is 8.98 Å². The monoisotopic (exact) mass is 577 g/mol. The third-order valence-electron chi connectivity index (χ3n) is 5.69. The summed E-state index contributed by atoms with van der Waals surface area (Å²) in [6.07, 6.45) is -10.1. The number of nitrogens with one attached hydrogen (secondary N) is 1. The summed E-state index contributed by atoms with van der Waals surface area (Å²) in [5, 5.41) is 2.24. The minimum Gasteiger partial charge on any atom is -0.356 e. The quantitative estimate of drug-likeness (QED) is 0.325. The van der Waals surface area contributed by atoms with Gasteiger partial charge in [-0.05, 0) is 53.6 Å². The number of benzene rings is 2. The van der Waals surface area contributed by atoms with Crippen molar-refractivity contribution in [2.75, 3.05) is 19.4 Å². The molecule has 198 valence electrons. The summed E-state index contributed by atoms with van der Waals surface area (Å²) >= 11 is 11.6. The Morgan fingerprint density at radius 1 is 1.03 bits per heavy atom. The molecular weight excluding hydrogens is 559 g/mol. The highest BCUT2D eigenvalue weighted by atomic mass is 35.5. The van der Waals surface area contributed by atoms with Gasteiger partial charge in [-0.25, -0.2) is 0 Å². The summed E-state index contributed by atoms with van der Waals surface area (Å²) in [6, 6.07) is 4.19. The van der Waals surface area contributed by atoms with Gasteiger partial charge < -0.3 is 5.32 Å². The zero-order chi connectivity index (χ0) is 27.1. The fourth-order valence-corrected chi connectivity index (χ4v) is 4.79. The molecule has 1 N–H and O–H groups in total. The lowest BCUT2D eigenvalue weighted by atomic mass is 9.84. The average Bonchev–Trinajstić information content (AvgIpc) is 3.16. The van der Waals surface area contributed by atoms with Crippen LogP contribution in [0.25, 0.3) is 11.1 Å². The van der Waals surface area contributed by atoms with Gasteiger partial charge in [0, 0.05) is 18.5 Å². The Morgan fingerprint density at radius 2 is 1.61 bits per heavy atom. The van der Waals surface area contributed by atoms with Crippen molar-refractivity contribution in [2.24, 2.45) is 11.8 Å². The fourth-order valence-electron chi connectivity index (χ4n) is 4.07. The van der Waals surface area contributed by atoms with Gasteiger partial charge in [-0.15, -0.1) is 0 Å². The number of alkyl halides is 6. The van der Waals surface area contributed by atoms with Crippen molar-refractivity contribution in [1.29, 1.82) is 0 Å². The Balaban J connectivity index is 2.16. The Labute approximate surface area is 212 Å². The number of carbonyl (C=O) groups is 1. The fraction of sp³-hybridized carbons (Fsp3) is 0.409. The normalized spacial score (nSPS) is 17.8. The van der Waals surface area contributed by atoms with Crippen LogP contribution < -0.4 is 5.32 Å². The zero-order valence-corrected chi connectivity index (χ0v) is 20.8. The highest BCUT2D eigenvalue weighted by Crippen LogP contribution is 2.46. The van der Waals surface area contributed by atoms with Crippen LogP contribution in [0.4, 0.5) is 26.3 Å². The first-order valence-electron chi connectivity index (χ1n) is 10.3. The van der Waals surface area contributed by atoms with Crippen LogP contribution in [-0.2, 0) is 37.9 Å². The van der Waals surface area contributed by atoms with Gasteiger partial charge in [0.25, 0.3) is 10.1 Å². The van der Waals surface area contributed by atoms with Crippen molar-refractivity contribution in [3.63, 3.8) is 0 Å². The van der Waals surface area contributed by atoms with E-state index in [0.29, 0.717) is 12.1 Å². The molecule has 0 aromatic heterocycles. The Kier molecular flexibility index (Phi) is 8.24. The molecule has 1 aliphatic heterocycles. The molecule has 0 bridgehead atoms. The van der Waals surface area contributed by atoms with Gasteiger partial charge in [-0.1, -0.05) is 29.3 Å². The summed E-state index contributed by atoms with van der Waals surface area (Å²) in [5.74, 6) is -1.79. The van der Waals surface area contributed by atoms with E-state index in [2.05, 4.69) is 5.32 Å². The Hall–Kier alpha value is -2.02. The van der Waals surface area contributed by atoms with Crippen LogP contribution in [0.15, 0.2) is 30.3 Å². The summed E-state index contributed by atoms with van der Waals surface area (Å²) in [4.78, 5) is 11.6. The largest absolute Gasteiger partial charge is 0.417 e. The van der Waals surface area contributed by atoms with E-state index < -0.39 is 69.6 Å². The number of hydrogen-bond donors (Lipinski definition) is 1. The minimum absolute atomic E-state index is 0.0485. The zero-order valence-electron chi connectivity index (χ0n) is 18.4. The van der Waals surface area contributed by atoms with Gasteiger partial charge in [-0.2, -0.15) is 34.8 Å². The second-order valence-electron chi connectivity index (χ2n) is 8.41. The predicted molar refractivity (Wildman–Crippen MR) is 121 cm³/mol. The molecule has 14 heteroatoms. The van der Waals surface area contributed by atoms with Crippen molar-refractivity contribution < 1.29 is 43.7 Å². The predicted octanol–water partition coefficient (Wildman–Crippen LogP) is 5.97. The average molecular weight is 578 g/mol. The molecule has 2 aromatic carbocycles. The number of carbonyl (C=O) groups excluding carboxylic acids is 1. The standard InChI is InChI=1S/C22H19Cl2F6NO4S/c1-36(33,34)35-10-14(13-8-19(32)31-9-13)4-11-5-15(21(25,26)27)20(16(6-11)22(28,29)30)12-2-3-17(23)18(24)7-12/h2-3,5-7,13-14H,4,8-10H2,1H3,(H,31,32). The first kappa shape index (κ1) is 28.5. The maximum atomic E-state index is 14.1. The van der Waals surface area contributed by atoms with Crippen molar-refractivity contribution in [1.82, 2.24) is 5.32 Å². The smallest absolute Gasteiger partial charge is 0.356 e. The maximum absolute atomic E-state index is 14.1. The molecule has 0 saturated carbocycles. The van der Waals surface area contributed by atoms with E-state index in [1.165, 1.54) is 0 Å². The highest BCUT2D eigenvalue weighted by molar-refractivity contribution is 7.85. The van der Waals surface area contributed by atoms with Crippen LogP contribution in [0.1, 0.15) is 23.1 Å². The van der Waals surface area contributed by atoms with Crippen LogP contribution in [0, 0.1) is 11.8 Å². The van der Waals surface area contributed by atoms with Crippen molar-refractivity contribution in [2.45, 2.75) is 25.2 Å². The summed E-state index contributed by atoms with van der Waals surface area (Å²) < 4.78 is 112. The van der Waals surface area contributed by atoms with Crippen molar-refractivity contribution >= 4 is 39.2 Å². The van der Waals surface area contributed by atoms with E-state index in [1.54, 1.807) is 0 Å². The van der Waals surface area contributed by atoms with Crippen LogP contribution in [0.3, 0.4) is 0 Å². The Bertz CT molecular complexity index is 1230. The third kappa shape index (κ3) is 7.05. The molecule has 0 aliphatic carbocycles. The maximum Gasteiger partial charge on any atom is 0.417 e. The molecule has 1 heterocycles. The topological polar surface area (TPSA) is 72.5 Å². The molecule has 1 aliphatic rings. The first-order valence-corrected chi connectivity index (χ1v) is 12.9. The van der Waals surface area contributed by atoms with E-state index in [9.17, 15) is 39.6 Å². The lowest BCUT2D eigenvalue weighted by Crippen LogP contribution is -2.26. The second-order valence-corrected chi connectivity index (χ2v) is 10.9. The molecule has 1 fully saturated rings. The van der Waals surface area contributed by atoms with Gasteiger partial charge >= 0.3 is 12.4 Å². The van der Waals surface area contributed by atoms with E-state index >= 15 is 0 Å². The van der Waals surface area contributed by atoms with Gasteiger partial charge in [0.15, 0.2) is 0 Å². The van der Waals surface area contributed by atoms with Crippen LogP contribution in [-0.4, -0.2) is 33.7 Å². The third-order valence-corrected chi connectivity index (χ3v) is 6.99. The molecular formula is C22H19Cl2F6NO4S. The molecule has 5 nitrogen and oxygen atoms in total. The first-order chi connectivity index (χ1) is 16.5. The van der Waals surface area contributed by atoms with Gasteiger partial charge in [0.2, 0.25) is 5.91 Å². The minimum atomic E-state index is -5.18. The van der Waals surface area contributed by atoms with Crippen LogP contribution >= 0.6 is 23.2 Å². The van der Waals surface area contributed by atoms with Crippen LogP contribution in [0.2, 0.25) is 10.0 Å². The molecule has 1 saturated heterocycles. The molecule has 36 heavy (non-hydrogen) atoms. The summed E-state index contributed by atoms with van der Waals surface area (Å²) in [7, 11) is -3.96. The van der Waals surface area contributed by atoms with E-state index in [1.807, 2.05) is 0 Å². The molecule has 3 rings (SSSR count). The van der Waals surface area contributed by atoms with Gasteiger partial charge in [0.1, 0.15) is 0 Å². The van der Waals surface area contributed by atoms with Crippen LogP contribution in [0.5, 0.6) is 0 Å². The summed E-state index contributed by atoms with van der Waals surface area (Å²) in [5.41, 5.74) is -4.99. The SMILES string of the molecule is CS(=O)(=O)OCC(Cc1cc(C(F)(F)F)c(-c2ccc(Cl)c(Cl)c2)c(C(F)(F)F)c1)C1CNC(=O)C1. The molecule has 2 aromatic rings. The Morgan fingerprint density at radius 3 is 2.06 bits per heavy atom. The van der Waals surface area contributed by atoms with E-state index in [4.69, 9.17) is 27.4 Å². The number of halogens is 8.